The Bertz CT molecular complexity index is 1400. The number of anilines is 2. The van der Waals surface area contributed by atoms with Gasteiger partial charge in [0.15, 0.2) is 34.7 Å². The Morgan fingerprint density at radius 2 is 0.816 bits per heavy atom. The summed E-state index contributed by atoms with van der Waals surface area (Å²) in [6.45, 7) is 0. The summed E-state index contributed by atoms with van der Waals surface area (Å²) in [5.41, 5.74) is 2.09. The van der Waals surface area contributed by atoms with Gasteiger partial charge in [-0.25, -0.2) is 13.2 Å². The minimum Gasteiger partial charge on any atom is -0.450 e. The van der Waals surface area contributed by atoms with Gasteiger partial charge in [-0.05, 0) is 18.2 Å². The third kappa shape index (κ3) is 5.60. The van der Waals surface area contributed by atoms with Gasteiger partial charge in [-0.3, -0.25) is 0 Å². The molecule has 38 heavy (non-hydrogen) atoms. The van der Waals surface area contributed by atoms with Gasteiger partial charge in [0.1, 0.15) is 5.56 Å². The zero-order valence-corrected chi connectivity index (χ0v) is 17.8. The van der Waals surface area contributed by atoms with Crippen molar-refractivity contribution in [1.29, 1.82) is 0 Å². The molecule has 0 unspecified atom stereocenters. The van der Waals surface area contributed by atoms with E-state index in [1.807, 2.05) is 0 Å². The fraction of sp³-hybridized carbons (Fsp3) is 0.143. The third-order valence-corrected chi connectivity index (χ3v) is 4.68. The van der Waals surface area contributed by atoms with Crippen molar-refractivity contribution in [2.75, 3.05) is 11.5 Å². The smallest absolute Gasteiger partial charge is 0.420 e. The van der Waals surface area contributed by atoms with E-state index in [-0.39, 0.29) is 24.3 Å². The standard InChI is InChI=1S/C21H9F13N2O2/c22-9-1-6(19(26,27)28)12(35)4-14(9)37-17-8(21(32,33)34)3-11(24)18(16(17)25)38-15-5-13(36)7(2-10(15)23)20(29,30)31/h1-5H,35-36H2. The lowest BCUT2D eigenvalue weighted by Crippen LogP contribution is -2.13. The molecule has 0 amide bonds. The van der Waals surface area contributed by atoms with Crippen molar-refractivity contribution in [1.82, 2.24) is 0 Å². The number of nitrogen functional groups attached to an aromatic ring is 2. The highest BCUT2D eigenvalue weighted by Gasteiger charge is 2.40. The first-order chi connectivity index (χ1) is 17.2. The topological polar surface area (TPSA) is 70.5 Å². The lowest BCUT2D eigenvalue weighted by atomic mass is 10.1. The molecular weight excluding hydrogens is 559 g/mol. The Kier molecular flexibility index (Phi) is 7.02. The van der Waals surface area contributed by atoms with Crippen molar-refractivity contribution in [2.24, 2.45) is 0 Å². The van der Waals surface area contributed by atoms with Crippen molar-refractivity contribution in [3.05, 3.63) is 70.3 Å². The summed E-state index contributed by atoms with van der Waals surface area (Å²) >= 11 is 0. The van der Waals surface area contributed by atoms with Crippen molar-refractivity contribution in [3.63, 3.8) is 0 Å². The second-order valence-corrected chi connectivity index (χ2v) is 7.32. The van der Waals surface area contributed by atoms with Gasteiger partial charge in [0, 0.05) is 23.5 Å². The number of hydrogen-bond donors (Lipinski definition) is 2. The summed E-state index contributed by atoms with van der Waals surface area (Å²) in [7, 11) is 0. The first kappa shape index (κ1) is 28.5. The van der Waals surface area contributed by atoms with Crippen LogP contribution < -0.4 is 20.9 Å². The van der Waals surface area contributed by atoms with Crippen LogP contribution in [-0.4, -0.2) is 0 Å². The first-order valence-corrected chi connectivity index (χ1v) is 9.49. The van der Waals surface area contributed by atoms with Crippen LogP contribution in [0.5, 0.6) is 23.0 Å². The molecule has 0 aliphatic heterocycles. The maximum Gasteiger partial charge on any atom is 0.420 e. The Morgan fingerprint density at radius 1 is 0.474 bits per heavy atom. The van der Waals surface area contributed by atoms with Crippen LogP contribution in [0, 0.1) is 23.3 Å². The molecule has 0 aliphatic carbocycles. The van der Waals surface area contributed by atoms with Crippen LogP contribution in [0.4, 0.5) is 68.5 Å². The SMILES string of the molecule is Nc1cc(Oc2c(F)cc(C(F)(F)F)c(Oc3cc(N)c(C(F)(F)F)cc3F)c2F)c(F)cc1C(F)(F)F. The minimum atomic E-state index is -5.62. The second-order valence-electron chi connectivity index (χ2n) is 7.32. The Hall–Kier alpha value is -4.05. The minimum absolute atomic E-state index is 0.0673. The highest BCUT2D eigenvalue weighted by molar-refractivity contribution is 5.57. The van der Waals surface area contributed by atoms with Gasteiger partial charge >= 0.3 is 18.5 Å². The third-order valence-electron chi connectivity index (χ3n) is 4.68. The Balaban J connectivity index is 2.17. The molecule has 0 saturated carbocycles. The largest absolute Gasteiger partial charge is 0.450 e. The first-order valence-electron chi connectivity index (χ1n) is 9.49. The Morgan fingerprint density at radius 3 is 1.18 bits per heavy atom. The van der Waals surface area contributed by atoms with Crippen LogP contribution in [0.1, 0.15) is 16.7 Å². The lowest BCUT2D eigenvalue weighted by Gasteiger charge is -2.19. The van der Waals surface area contributed by atoms with E-state index >= 15 is 4.39 Å². The fourth-order valence-electron chi connectivity index (χ4n) is 2.99. The van der Waals surface area contributed by atoms with Crippen molar-refractivity contribution in [3.8, 4) is 23.0 Å². The van der Waals surface area contributed by atoms with E-state index in [0.29, 0.717) is 0 Å². The predicted octanol–water partition coefficient (Wildman–Crippen LogP) is 8.05. The normalized spacial score (nSPS) is 12.6. The average Bonchev–Trinajstić information content (AvgIpc) is 2.74. The number of alkyl halides is 9. The molecule has 0 aliphatic rings. The van der Waals surface area contributed by atoms with E-state index in [9.17, 15) is 52.7 Å². The molecule has 0 heterocycles. The second kappa shape index (κ2) is 9.36. The molecule has 0 atom stereocenters. The Labute approximate surface area is 202 Å². The van der Waals surface area contributed by atoms with Gasteiger partial charge in [0.05, 0.1) is 11.1 Å². The molecule has 206 valence electrons. The van der Waals surface area contributed by atoms with E-state index in [1.165, 1.54) is 0 Å². The molecule has 0 bridgehead atoms. The summed E-state index contributed by atoms with van der Waals surface area (Å²) in [6, 6.07) is -0.743. The summed E-state index contributed by atoms with van der Waals surface area (Å²) in [5.74, 6) is -15.2. The van der Waals surface area contributed by atoms with E-state index in [2.05, 4.69) is 9.47 Å². The average molecular weight is 568 g/mol. The molecule has 4 nitrogen and oxygen atoms in total. The van der Waals surface area contributed by atoms with Gasteiger partial charge in [-0.1, -0.05) is 0 Å². The molecule has 3 aromatic rings. The monoisotopic (exact) mass is 568 g/mol. The van der Waals surface area contributed by atoms with Crippen molar-refractivity contribution < 1.29 is 66.5 Å². The number of nitrogens with two attached hydrogens (primary N) is 2. The van der Waals surface area contributed by atoms with Crippen LogP contribution in [0.25, 0.3) is 0 Å². The number of rotatable bonds is 4. The summed E-state index contributed by atoms with van der Waals surface area (Å²) in [6.07, 6.45) is -16.0. The van der Waals surface area contributed by atoms with Gasteiger partial charge in [0.2, 0.25) is 11.6 Å². The van der Waals surface area contributed by atoms with Crippen molar-refractivity contribution in [2.45, 2.75) is 18.5 Å². The maximum atomic E-state index is 15.0. The van der Waals surface area contributed by atoms with Crippen LogP contribution in [0.3, 0.4) is 0 Å². The number of halogens is 13. The van der Waals surface area contributed by atoms with Crippen LogP contribution in [-0.2, 0) is 18.5 Å². The maximum absolute atomic E-state index is 15.0. The fourth-order valence-corrected chi connectivity index (χ4v) is 2.99. The molecule has 3 aromatic carbocycles. The molecule has 0 aromatic heterocycles. The van der Waals surface area contributed by atoms with E-state index in [1.54, 1.807) is 0 Å². The van der Waals surface area contributed by atoms with Crippen LogP contribution in [0.15, 0.2) is 30.3 Å². The van der Waals surface area contributed by atoms with Crippen molar-refractivity contribution >= 4 is 11.4 Å². The molecule has 17 heteroatoms. The molecule has 0 radical (unpaired) electrons. The predicted molar refractivity (Wildman–Crippen MR) is 103 cm³/mol. The molecule has 3 rings (SSSR count). The molecule has 0 fully saturated rings. The number of ether oxygens (including phenoxy) is 2. The molecule has 0 spiro atoms. The molecular formula is C21H9F13N2O2. The van der Waals surface area contributed by atoms with Gasteiger partial charge in [-0.15, -0.1) is 0 Å². The highest BCUT2D eigenvalue weighted by atomic mass is 19.4. The van der Waals surface area contributed by atoms with Gasteiger partial charge in [-0.2, -0.15) is 43.9 Å². The molecule has 0 saturated heterocycles. The zero-order chi connectivity index (χ0) is 29.0. The highest BCUT2D eigenvalue weighted by Crippen LogP contribution is 2.47. The van der Waals surface area contributed by atoms with Gasteiger partial charge < -0.3 is 20.9 Å². The number of benzene rings is 3. The van der Waals surface area contributed by atoms with E-state index in [0.717, 1.165) is 0 Å². The summed E-state index contributed by atoms with van der Waals surface area (Å²) in [5, 5.41) is 0. The van der Waals surface area contributed by atoms with Crippen LogP contribution in [0.2, 0.25) is 0 Å². The van der Waals surface area contributed by atoms with Crippen LogP contribution >= 0.6 is 0 Å². The van der Waals surface area contributed by atoms with E-state index in [4.69, 9.17) is 11.5 Å². The lowest BCUT2D eigenvalue weighted by molar-refractivity contribution is -0.139. The zero-order valence-electron chi connectivity index (χ0n) is 17.8. The quantitative estimate of drug-likeness (QED) is 0.247. The number of hydrogen-bond acceptors (Lipinski definition) is 4. The van der Waals surface area contributed by atoms with E-state index < -0.39 is 98.9 Å². The summed E-state index contributed by atoms with van der Waals surface area (Å²) < 4.78 is 184. The van der Waals surface area contributed by atoms with Gasteiger partial charge in [0.25, 0.3) is 0 Å². The molecule has 4 N–H and O–H groups in total. The summed E-state index contributed by atoms with van der Waals surface area (Å²) in [4.78, 5) is 0.